The molecule has 6 nitrogen and oxygen atoms in total. The van der Waals surface area contributed by atoms with Crippen molar-refractivity contribution in [2.24, 2.45) is 0 Å². The molecule has 1 aromatic carbocycles. The third-order valence-corrected chi connectivity index (χ3v) is 7.39. The lowest BCUT2D eigenvalue weighted by Crippen LogP contribution is -2.31. The molecule has 2 rings (SSSR count). The van der Waals surface area contributed by atoms with E-state index in [9.17, 15) is 4.79 Å². The van der Waals surface area contributed by atoms with Crippen molar-refractivity contribution in [2.45, 2.75) is 149 Å². The number of fused-ring (bicyclic) bond motifs is 1. The van der Waals surface area contributed by atoms with Crippen LogP contribution in [0.15, 0.2) is 24.3 Å². The first kappa shape index (κ1) is 37.0. The Morgan fingerprint density at radius 3 is 1.93 bits per heavy atom. The number of hydrogen-bond donors (Lipinski definition) is 3. The number of rotatable bonds is 21. The molecule has 41 heavy (non-hydrogen) atoms. The molecule has 0 amide bonds. The van der Waals surface area contributed by atoms with Gasteiger partial charge in [-0.1, -0.05) is 103 Å². The Kier molecular flexibility index (Phi) is 20.3. The highest BCUT2D eigenvalue weighted by Crippen LogP contribution is 2.35. The van der Waals surface area contributed by atoms with Crippen LogP contribution in [0.1, 0.15) is 143 Å². The van der Waals surface area contributed by atoms with Gasteiger partial charge in [-0.2, -0.15) is 0 Å². The molecule has 0 fully saturated rings. The maximum Gasteiger partial charge on any atom is 0.305 e. The number of carbonyl (C=O) groups is 1. The van der Waals surface area contributed by atoms with Crippen LogP contribution in [0, 0.1) is 0 Å². The lowest BCUT2D eigenvalue weighted by molar-refractivity contribution is -0.147. The van der Waals surface area contributed by atoms with E-state index in [0.29, 0.717) is 13.0 Å². The summed E-state index contributed by atoms with van der Waals surface area (Å²) in [4.78, 5) is 11.4. The van der Waals surface area contributed by atoms with Gasteiger partial charge in [0.25, 0.3) is 0 Å². The van der Waals surface area contributed by atoms with Gasteiger partial charge in [0, 0.05) is 17.7 Å². The fraction of sp³-hybridized carbons (Fsp3) is 0.743. The summed E-state index contributed by atoms with van der Waals surface area (Å²) in [5.74, 6) is 0.665. The number of carbonyl (C=O) groups excluding carboxylic acids is 1. The van der Waals surface area contributed by atoms with Crippen molar-refractivity contribution in [3.05, 3.63) is 29.8 Å². The van der Waals surface area contributed by atoms with Gasteiger partial charge < -0.3 is 25.0 Å². The number of anilines is 1. The zero-order valence-electron chi connectivity index (χ0n) is 26.9. The van der Waals surface area contributed by atoms with E-state index in [-0.39, 0.29) is 24.7 Å². The van der Waals surface area contributed by atoms with E-state index in [0.717, 1.165) is 18.6 Å². The number of aliphatic hydroxyl groups is 2. The highest BCUT2D eigenvalue weighted by atomic mass is 16.5. The molecule has 0 saturated carbocycles. The van der Waals surface area contributed by atoms with Crippen LogP contribution in [0.25, 0.3) is 5.57 Å². The van der Waals surface area contributed by atoms with Crippen molar-refractivity contribution in [3.63, 3.8) is 0 Å². The molecule has 1 atom stereocenters. The van der Waals surface area contributed by atoms with Gasteiger partial charge in [0.1, 0.15) is 18.5 Å². The number of hydrogen-bond acceptors (Lipinski definition) is 6. The van der Waals surface area contributed by atoms with Crippen molar-refractivity contribution in [2.75, 3.05) is 25.1 Å². The lowest BCUT2D eigenvalue weighted by atomic mass is 9.91. The minimum atomic E-state index is -0.954. The third-order valence-electron chi connectivity index (χ3n) is 7.39. The largest absolute Gasteiger partial charge is 0.494 e. The fourth-order valence-corrected chi connectivity index (χ4v) is 5.17. The van der Waals surface area contributed by atoms with Crippen LogP contribution in [0.3, 0.4) is 0 Å². The molecule has 1 aliphatic heterocycles. The summed E-state index contributed by atoms with van der Waals surface area (Å²) in [5.41, 5.74) is 3.77. The Morgan fingerprint density at radius 1 is 0.878 bits per heavy atom. The molecule has 0 bridgehead atoms. The number of aliphatic hydroxyl groups excluding tert-OH is 2. The van der Waals surface area contributed by atoms with Crippen molar-refractivity contribution in [1.82, 2.24) is 0 Å². The van der Waals surface area contributed by atoms with Gasteiger partial charge in [0.15, 0.2) is 0 Å². The first-order valence-corrected chi connectivity index (χ1v) is 16.4. The Labute approximate surface area is 251 Å². The summed E-state index contributed by atoms with van der Waals surface area (Å²) in [6.07, 6.45) is 21.3. The van der Waals surface area contributed by atoms with Crippen molar-refractivity contribution < 1.29 is 24.5 Å². The Hall–Kier alpha value is -2.05. The van der Waals surface area contributed by atoms with E-state index in [1.165, 1.54) is 100 Å². The zero-order chi connectivity index (χ0) is 30.3. The van der Waals surface area contributed by atoms with E-state index in [2.05, 4.69) is 51.2 Å². The van der Waals surface area contributed by atoms with Crippen LogP contribution < -0.4 is 10.1 Å². The predicted molar refractivity (Wildman–Crippen MR) is 173 cm³/mol. The SMILES string of the molecule is CCCCCCCCCCCCCCCCCC(=O)OCC(O)CO.CCOc1ccc2c(c1)C(C)=CC(C)(C)N2. The Morgan fingerprint density at radius 2 is 1.41 bits per heavy atom. The Bertz CT molecular complexity index is 851. The summed E-state index contributed by atoms with van der Waals surface area (Å²) in [5, 5.41) is 21.2. The average molecular weight is 576 g/mol. The molecule has 1 heterocycles. The Balaban J connectivity index is 0.000000447. The van der Waals surface area contributed by atoms with Crippen LogP contribution in [0.2, 0.25) is 0 Å². The summed E-state index contributed by atoms with van der Waals surface area (Å²) in [7, 11) is 0. The van der Waals surface area contributed by atoms with Gasteiger partial charge in [-0.3, -0.25) is 4.79 Å². The van der Waals surface area contributed by atoms with Crippen LogP contribution in [0.4, 0.5) is 5.69 Å². The molecule has 0 aromatic heterocycles. The summed E-state index contributed by atoms with van der Waals surface area (Å²) in [6.45, 7) is 11.0. The number of benzene rings is 1. The first-order chi connectivity index (χ1) is 19.7. The monoisotopic (exact) mass is 575 g/mol. The second-order valence-electron chi connectivity index (χ2n) is 12.0. The molecule has 0 saturated heterocycles. The molecule has 0 spiro atoms. The number of allylic oxidation sites excluding steroid dienone is 1. The van der Waals surface area contributed by atoms with Crippen LogP contribution >= 0.6 is 0 Å². The predicted octanol–water partition coefficient (Wildman–Crippen LogP) is 8.84. The molecule has 0 aliphatic carbocycles. The van der Waals surface area contributed by atoms with Gasteiger partial charge in [0.05, 0.1) is 18.8 Å². The third kappa shape index (κ3) is 18.2. The standard InChI is InChI=1S/C21H42O4.C14H19NO/c1-2-3-4-5-6-7-8-9-10-11-12-13-14-15-16-17-21(24)25-19-20(23)18-22;1-5-16-11-6-7-13-12(8-11)10(2)9-14(3,4)15-13/h20,22-23H,2-19H2,1H3;6-9,15H,5H2,1-4H3. The van der Waals surface area contributed by atoms with Crippen LogP contribution in [0.5, 0.6) is 5.75 Å². The molecule has 3 N–H and O–H groups in total. The summed E-state index contributed by atoms with van der Waals surface area (Å²) < 4.78 is 10.4. The fourth-order valence-electron chi connectivity index (χ4n) is 5.17. The smallest absolute Gasteiger partial charge is 0.305 e. The number of unbranched alkanes of at least 4 members (excludes halogenated alkanes) is 14. The summed E-state index contributed by atoms with van der Waals surface area (Å²) in [6, 6.07) is 6.22. The van der Waals surface area contributed by atoms with Crippen LogP contribution in [-0.2, 0) is 9.53 Å². The normalized spacial score (nSPS) is 14.2. The van der Waals surface area contributed by atoms with E-state index in [1.807, 2.05) is 13.0 Å². The molecule has 0 radical (unpaired) electrons. The van der Waals surface area contributed by atoms with Gasteiger partial charge in [-0.05, 0) is 57.9 Å². The lowest BCUT2D eigenvalue weighted by Gasteiger charge is -2.31. The summed E-state index contributed by atoms with van der Waals surface area (Å²) >= 11 is 0. The highest BCUT2D eigenvalue weighted by Gasteiger charge is 2.22. The quantitative estimate of drug-likeness (QED) is 0.100. The molecule has 1 aromatic rings. The maximum absolute atomic E-state index is 11.4. The molecular weight excluding hydrogens is 514 g/mol. The average Bonchev–Trinajstić information content (AvgIpc) is 2.94. The topological polar surface area (TPSA) is 88.0 Å². The van der Waals surface area contributed by atoms with Crippen LogP contribution in [-0.4, -0.2) is 47.6 Å². The zero-order valence-corrected chi connectivity index (χ0v) is 26.9. The van der Waals surface area contributed by atoms with E-state index >= 15 is 0 Å². The minimum absolute atomic E-state index is 0.0320. The van der Waals surface area contributed by atoms with E-state index in [1.54, 1.807) is 0 Å². The number of ether oxygens (including phenoxy) is 2. The molecule has 236 valence electrons. The molecule has 6 heteroatoms. The first-order valence-electron chi connectivity index (χ1n) is 16.4. The number of nitrogens with one attached hydrogen (secondary N) is 1. The molecular formula is C35H61NO5. The van der Waals surface area contributed by atoms with Crippen molar-refractivity contribution >= 4 is 17.2 Å². The van der Waals surface area contributed by atoms with Gasteiger partial charge in [-0.15, -0.1) is 0 Å². The maximum atomic E-state index is 11.4. The van der Waals surface area contributed by atoms with Crippen molar-refractivity contribution in [3.8, 4) is 5.75 Å². The minimum Gasteiger partial charge on any atom is -0.494 e. The second kappa shape index (κ2) is 22.5. The number of esters is 1. The van der Waals surface area contributed by atoms with E-state index < -0.39 is 6.10 Å². The van der Waals surface area contributed by atoms with Gasteiger partial charge >= 0.3 is 5.97 Å². The highest BCUT2D eigenvalue weighted by molar-refractivity contribution is 5.80. The van der Waals surface area contributed by atoms with E-state index in [4.69, 9.17) is 19.7 Å². The van der Waals surface area contributed by atoms with Gasteiger partial charge in [0.2, 0.25) is 0 Å². The molecule has 1 aliphatic rings. The second-order valence-corrected chi connectivity index (χ2v) is 12.0. The van der Waals surface area contributed by atoms with Crippen molar-refractivity contribution in [1.29, 1.82) is 0 Å². The molecule has 1 unspecified atom stereocenters. The van der Waals surface area contributed by atoms with Gasteiger partial charge in [-0.25, -0.2) is 0 Å².